The molecule has 104 valence electrons. The number of nitrogens with one attached hydrogen (secondary N) is 1. The first-order valence-corrected chi connectivity index (χ1v) is 6.94. The van der Waals surface area contributed by atoms with Crippen LogP contribution >= 0.6 is 0 Å². The smallest absolute Gasteiger partial charge is 0.116 e. The molecular weight excluding hydrogens is 224 g/mol. The molecule has 1 aliphatic rings. The van der Waals surface area contributed by atoms with E-state index in [1.54, 1.807) is 0 Å². The van der Waals surface area contributed by atoms with Gasteiger partial charge in [-0.15, -0.1) is 0 Å². The van der Waals surface area contributed by atoms with Crippen LogP contribution in [0.25, 0.3) is 0 Å². The lowest BCUT2D eigenvalue weighted by Crippen LogP contribution is -2.54. The van der Waals surface area contributed by atoms with Crippen molar-refractivity contribution in [2.75, 3.05) is 33.7 Å². The van der Waals surface area contributed by atoms with Gasteiger partial charge in [0.2, 0.25) is 0 Å². The SMILES string of the molecule is CC(C)NC(C)(C#N)CN1CCCC1CN(C)C. The summed E-state index contributed by atoms with van der Waals surface area (Å²) in [6.45, 7) is 9.23. The van der Waals surface area contributed by atoms with Crippen molar-refractivity contribution in [3.8, 4) is 6.07 Å². The molecule has 0 aromatic heterocycles. The van der Waals surface area contributed by atoms with Crippen LogP contribution in [0.4, 0.5) is 0 Å². The highest BCUT2D eigenvalue weighted by atomic mass is 15.2. The Balaban J connectivity index is 2.61. The fraction of sp³-hybridized carbons (Fsp3) is 0.929. The van der Waals surface area contributed by atoms with Crippen molar-refractivity contribution in [2.45, 2.75) is 51.2 Å². The van der Waals surface area contributed by atoms with Crippen LogP contribution < -0.4 is 5.32 Å². The number of nitrogens with zero attached hydrogens (tertiary/aromatic N) is 3. The van der Waals surface area contributed by atoms with Crippen LogP contribution in [0.1, 0.15) is 33.6 Å². The minimum absolute atomic E-state index is 0.338. The summed E-state index contributed by atoms with van der Waals surface area (Å²) >= 11 is 0. The summed E-state index contributed by atoms with van der Waals surface area (Å²) in [5.41, 5.74) is -0.441. The van der Waals surface area contributed by atoms with Crippen molar-refractivity contribution in [1.29, 1.82) is 5.26 Å². The number of hydrogen-bond acceptors (Lipinski definition) is 4. The molecule has 4 heteroatoms. The van der Waals surface area contributed by atoms with E-state index in [0.717, 1.165) is 19.6 Å². The van der Waals surface area contributed by atoms with Crippen molar-refractivity contribution in [3.05, 3.63) is 0 Å². The largest absolute Gasteiger partial charge is 0.308 e. The minimum atomic E-state index is -0.441. The summed E-state index contributed by atoms with van der Waals surface area (Å²) in [6.07, 6.45) is 2.50. The van der Waals surface area contributed by atoms with Crippen molar-refractivity contribution in [2.24, 2.45) is 0 Å². The average molecular weight is 252 g/mol. The molecule has 0 aromatic carbocycles. The van der Waals surface area contributed by atoms with Crippen molar-refractivity contribution >= 4 is 0 Å². The first kappa shape index (κ1) is 15.4. The van der Waals surface area contributed by atoms with Crippen LogP contribution in [0, 0.1) is 11.3 Å². The summed E-state index contributed by atoms with van der Waals surface area (Å²) in [6, 6.07) is 3.38. The van der Waals surface area contributed by atoms with Gasteiger partial charge in [0.05, 0.1) is 6.07 Å². The molecule has 0 radical (unpaired) electrons. The highest BCUT2D eigenvalue weighted by Gasteiger charge is 2.33. The number of hydrogen-bond donors (Lipinski definition) is 1. The molecule has 0 saturated carbocycles. The predicted octanol–water partition coefficient (Wildman–Crippen LogP) is 1.29. The third-order valence-corrected chi connectivity index (χ3v) is 3.45. The van der Waals surface area contributed by atoms with Crippen LogP contribution in [0.3, 0.4) is 0 Å². The van der Waals surface area contributed by atoms with Crippen LogP contribution in [0.15, 0.2) is 0 Å². The molecule has 0 spiro atoms. The van der Waals surface area contributed by atoms with Gasteiger partial charge < -0.3 is 4.90 Å². The van der Waals surface area contributed by atoms with E-state index in [2.05, 4.69) is 49.1 Å². The first-order valence-electron chi connectivity index (χ1n) is 6.94. The van der Waals surface area contributed by atoms with Crippen LogP contribution in [0.2, 0.25) is 0 Å². The lowest BCUT2D eigenvalue weighted by molar-refractivity contribution is 0.171. The van der Waals surface area contributed by atoms with Crippen molar-refractivity contribution in [1.82, 2.24) is 15.1 Å². The van der Waals surface area contributed by atoms with Crippen LogP contribution in [-0.2, 0) is 0 Å². The molecule has 0 aliphatic carbocycles. The average Bonchev–Trinajstić information content (AvgIpc) is 2.63. The summed E-state index contributed by atoms with van der Waals surface area (Å²) in [7, 11) is 4.23. The molecule has 0 aromatic rings. The second-order valence-electron chi connectivity index (χ2n) is 6.27. The van der Waals surface area contributed by atoms with E-state index in [0.29, 0.717) is 12.1 Å². The van der Waals surface area contributed by atoms with Crippen LogP contribution in [-0.4, -0.2) is 61.2 Å². The first-order chi connectivity index (χ1) is 8.36. The fourth-order valence-corrected chi connectivity index (χ4v) is 2.89. The van der Waals surface area contributed by atoms with Crippen LogP contribution in [0.5, 0.6) is 0 Å². The molecule has 1 saturated heterocycles. The van der Waals surface area contributed by atoms with E-state index < -0.39 is 5.54 Å². The van der Waals surface area contributed by atoms with Gasteiger partial charge in [0.15, 0.2) is 0 Å². The number of nitriles is 1. The Labute approximate surface area is 112 Å². The third-order valence-electron chi connectivity index (χ3n) is 3.45. The molecule has 1 heterocycles. The molecule has 1 aliphatic heterocycles. The zero-order valence-electron chi connectivity index (χ0n) is 12.5. The van der Waals surface area contributed by atoms with E-state index >= 15 is 0 Å². The maximum absolute atomic E-state index is 9.41. The Morgan fingerprint density at radius 1 is 1.50 bits per heavy atom. The van der Waals surface area contributed by atoms with E-state index in [9.17, 15) is 5.26 Å². The Morgan fingerprint density at radius 3 is 2.67 bits per heavy atom. The normalized spacial score (nSPS) is 24.4. The van der Waals surface area contributed by atoms with E-state index in [1.165, 1.54) is 12.8 Å². The zero-order valence-corrected chi connectivity index (χ0v) is 12.5. The minimum Gasteiger partial charge on any atom is -0.308 e. The second-order valence-corrected chi connectivity index (χ2v) is 6.27. The fourth-order valence-electron chi connectivity index (χ4n) is 2.89. The van der Waals surface area contributed by atoms with E-state index in [-0.39, 0.29) is 0 Å². The summed E-state index contributed by atoms with van der Waals surface area (Å²) in [5, 5.41) is 12.8. The Morgan fingerprint density at radius 2 is 2.17 bits per heavy atom. The molecule has 18 heavy (non-hydrogen) atoms. The molecule has 1 fully saturated rings. The topological polar surface area (TPSA) is 42.3 Å². The molecule has 2 atom stereocenters. The van der Waals surface area contributed by atoms with Gasteiger partial charge in [-0.25, -0.2) is 0 Å². The van der Waals surface area contributed by atoms with Gasteiger partial charge in [0.25, 0.3) is 0 Å². The number of rotatable bonds is 6. The Bertz CT molecular complexity index is 295. The highest BCUT2D eigenvalue weighted by molar-refractivity contribution is 5.07. The molecule has 1 rings (SSSR count). The number of likely N-dealkylation sites (tertiary alicyclic amines) is 1. The molecule has 0 bridgehead atoms. The molecule has 2 unspecified atom stereocenters. The zero-order chi connectivity index (χ0) is 13.8. The molecular formula is C14H28N4. The molecule has 0 amide bonds. The summed E-state index contributed by atoms with van der Waals surface area (Å²) in [5.74, 6) is 0. The van der Waals surface area contributed by atoms with E-state index in [4.69, 9.17) is 0 Å². The standard InChI is InChI=1S/C14H28N4/c1-12(2)16-14(3,10-15)11-18-8-6-7-13(18)9-17(4)5/h12-13,16H,6-9,11H2,1-5H3. The van der Waals surface area contributed by atoms with Gasteiger partial charge in [-0.05, 0) is 54.3 Å². The maximum Gasteiger partial charge on any atom is 0.116 e. The van der Waals surface area contributed by atoms with Gasteiger partial charge in [-0.2, -0.15) is 5.26 Å². The van der Waals surface area contributed by atoms with Gasteiger partial charge in [0, 0.05) is 25.2 Å². The van der Waals surface area contributed by atoms with Gasteiger partial charge in [-0.1, -0.05) is 0 Å². The highest BCUT2D eigenvalue weighted by Crippen LogP contribution is 2.20. The molecule has 4 nitrogen and oxygen atoms in total. The van der Waals surface area contributed by atoms with E-state index in [1.807, 2.05) is 6.92 Å². The van der Waals surface area contributed by atoms with Crippen molar-refractivity contribution < 1.29 is 0 Å². The quantitative estimate of drug-likeness (QED) is 0.773. The molecule has 1 N–H and O–H groups in total. The monoisotopic (exact) mass is 252 g/mol. The van der Waals surface area contributed by atoms with Gasteiger partial charge in [-0.3, -0.25) is 10.2 Å². The van der Waals surface area contributed by atoms with Gasteiger partial charge in [0.1, 0.15) is 5.54 Å². The second kappa shape index (κ2) is 6.51. The lowest BCUT2D eigenvalue weighted by atomic mass is 10.0. The summed E-state index contributed by atoms with van der Waals surface area (Å²) in [4.78, 5) is 4.71. The Hall–Kier alpha value is -0.630. The third kappa shape index (κ3) is 4.56. The maximum atomic E-state index is 9.41. The Kier molecular flexibility index (Phi) is 5.58. The summed E-state index contributed by atoms with van der Waals surface area (Å²) < 4.78 is 0. The van der Waals surface area contributed by atoms with Gasteiger partial charge >= 0.3 is 0 Å². The lowest BCUT2D eigenvalue weighted by Gasteiger charge is -2.34. The van der Waals surface area contributed by atoms with Crippen molar-refractivity contribution in [3.63, 3.8) is 0 Å². The predicted molar refractivity (Wildman–Crippen MR) is 75.4 cm³/mol. The number of likely N-dealkylation sites (N-methyl/N-ethyl adjacent to an activating group) is 1.